The number of amides is 4. The number of rotatable bonds is 11. The molecule has 5 aromatic rings. The molecule has 4 atom stereocenters. The molecule has 0 spiro atoms. The third kappa shape index (κ3) is 7.72. The molecule has 7 rings (SSSR count). The molecule has 0 saturated carbocycles. The highest BCUT2D eigenvalue weighted by Gasteiger charge is 2.39. The molecule has 2 aliphatic heterocycles. The van der Waals surface area contributed by atoms with Crippen LogP contribution in [-0.2, 0) is 19.1 Å². The van der Waals surface area contributed by atoms with Crippen LogP contribution in [0.25, 0.3) is 44.1 Å². The normalized spacial score (nSPS) is 17.9. The van der Waals surface area contributed by atoms with E-state index in [1.165, 1.54) is 14.2 Å². The Morgan fingerprint density at radius 3 is 1.67 bits per heavy atom. The van der Waals surface area contributed by atoms with E-state index in [0.717, 1.165) is 75.4 Å². The maximum absolute atomic E-state index is 13.7. The van der Waals surface area contributed by atoms with Gasteiger partial charge in [0.25, 0.3) is 0 Å². The molecule has 15 heteroatoms. The lowest BCUT2D eigenvalue weighted by atomic mass is 9.96. The number of nitrogens with zero attached hydrogens (tertiary/aromatic N) is 5. The van der Waals surface area contributed by atoms with Crippen LogP contribution in [0.2, 0.25) is 0 Å². The number of hydrogen-bond donors (Lipinski definition) is 4. The lowest BCUT2D eigenvalue weighted by Gasteiger charge is -2.30. The lowest BCUT2D eigenvalue weighted by molar-refractivity contribution is -0.136. The van der Waals surface area contributed by atoms with E-state index in [4.69, 9.17) is 19.4 Å². The van der Waals surface area contributed by atoms with Crippen molar-refractivity contribution in [2.75, 3.05) is 27.3 Å². The summed E-state index contributed by atoms with van der Waals surface area (Å²) in [5.74, 6) is 0.834. The number of aromatic amines is 2. The summed E-state index contributed by atoms with van der Waals surface area (Å²) in [6.07, 6.45) is 5.49. The van der Waals surface area contributed by atoms with Gasteiger partial charge in [-0.05, 0) is 78.6 Å². The fraction of sp³-hybridized carbons (Fsp3) is 0.419. The number of carbonyl (C=O) groups excluding carboxylic acids is 4. The van der Waals surface area contributed by atoms with E-state index in [1.807, 2.05) is 39.8 Å². The van der Waals surface area contributed by atoms with Gasteiger partial charge in [-0.25, -0.2) is 19.6 Å². The molecular weight excluding hydrogens is 739 g/mol. The van der Waals surface area contributed by atoms with Crippen molar-refractivity contribution < 1.29 is 28.7 Å². The van der Waals surface area contributed by atoms with Gasteiger partial charge in [-0.2, -0.15) is 0 Å². The number of fused-ring (bicyclic) bond motifs is 3. The molecule has 4 heterocycles. The number of likely N-dealkylation sites (tertiary alicyclic amines) is 2. The molecule has 2 fully saturated rings. The average Bonchev–Trinajstić information content (AvgIpc) is 4.07. The highest BCUT2D eigenvalue weighted by Crippen LogP contribution is 2.39. The summed E-state index contributed by atoms with van der Waals surface area (Å²) < 4.78 is 9.55. The van der Waals surface area contributed by atoms with Gasteiger partial charge in [0.2, 0.25) is 11.8 Å². The number of alkyl carbamates (subject to hydrolysis) is 2. The Balaban J connectivity index is 1.12. The average molecular weight is 790 g/mol. The molecule has 1 unspecified atom stereocenters. The van der Waals surface area contributed by atoms with Crippen LogP contribution >= 0.6 is 0 Å². The van der Waals surface area contributed by atoms with Crippen molar-refractivity contribution >= 4 is 58.0 Å². The Morgan fingerprint density at radius 1 is 0.724 bits per heavy atom. The SMILES string of the molecule is C=Nc1cc2cc(-c3cnc([C@@H]4CCCN4C(=O)[C@@H](NC(=O)OC)C(C)C)[nH]3)ccc2c2ccc(-c3cnc(C4CCCN4C(=O)[C@@H](NC(=O)OC)C(C)C)[nH]3)cc12. The van der Waals surface area contributed by atoms with Gasteiger partial charge < -0.3 is 39.9 Å². The second kappa shape index (κ2) is 16.7. The quantitative estimate of drug-likeness (QED) is 0.0799. The van der Waals surface area contributed by atoms with Crippen LogP contribution in [0.3, 0.4) is 0 Å². The highest BCUT2D eigenvalue weighted by atomic mass is 16.5. The summed E-state index contributed by atoms with van der Waals surface area (Å²) in [6.45, 7) is 12.6. The smallest absolute Gasteiger partial charge is 0.407 e. The summed E-state index contributed by atoms with van der Waals surface area (Å²) in [5, 5.41) is 9.39. The largest absolute Gasteiger partial charge is 0.453 e. The fourth-order valence-corrected chi connectivity index (χ4v) is 8.30. The standard InChI is InChI=1S/C43H51N9O6/c1-23(2)36(49-42(55)57-6)40(53)51-16-8-10-34(51)38-45-21-32(47-38)25-12-14-28-27(18-25)20-31(44-5)30-19-26(13-15-29(28)30)33-22-46-39(48-33)35-11-9-17-52(35)41(54)37(24(3)4)50-43(56)58-7/h12-15,18-24,34-37H,5,8-11,16-17H2,1-4,6-7H3,(H,45,47)(H,46,48)(H,49,55)(H,50,56)/t34-,35?,36-,37-/m0/s1. The summed E-state index contributed by atoms with van der Waals surface area (Å²) in [4.78, 5) is 75.7. The summed E-state index contributed by atoms with van der Waals surface area (Å²) in [7, 11) is 2.57. The van der Waals surface area contributed by atoms with Crippen LogP contribution in [0, 0.1) is 11.8 Å². The zero-order valence-corrected chi connectivity index (χ0v) is 33.8. The number of aromatic nitrogens is 4. The second-order valence-electron chi connectivity index (χ2n) is 15.7. The van der Waals surface area contributed by atoms with Crippen LogP contribution in [-0.4, -0.2) is 99.8 Å². The Morgan fingerprint density at radius 2 is 1.21 bits per heavy atom. The van der Waals surface area contributed by atoms with Crippen LogP contribution < -0.4 is 10.6 Å². The zero-order chi connectivity index (χ0) is 41.2. The monoisotopic (exact) mass is 789 g/mol. The molecule has 2 saturated heterocycles. The maximum Gasteiger partial charge on any atom is 0.407 e. The maximum atomic E-state index is 13.7. The first-order valence-electron chi connectivity index (χ1n) is 19.8. The van der Waals surface area contributed by atoms with E-state index < -0.39 is 24.3 Å². The van der Waals surface area contributed by atoms with E-state index in [-0.39, 0.29) is 35.7 Å². The van der Waals surface area contributed by atoms with Gasteiger partial charge in [0.1, 0.15) is 23.7 Å². The van der Waals surface area contributed by atoms with Gasteiger partial charge in [0.15, 0.2) is 0 Å². The molecule has 0 bridgehead atoms. The van der Waals surface area contributed by atoms with Gasteiger partial charge in [-0.15, -0.1) is 0 Å². The number of methoxy groups -OCH3 is 2. The Labute approximate surface area is 337 Å². The molecule has 3 aromatic carbocycles. The van der Waals surface area contributed by atoms with E-state index >= 15 is 0 Å². The Kier molecular flexibility index (Phi) is 11.5. The van der Waals surface area contributed by atoms with Crippen LogP contribution in [0.5, 0.6) is 0 Å². The molecule has 0 aliphatic carbocycles. The number of H-pyrrole nitrogens is 2. The van der Waals surface area contributed by atoms with Crippen molar-refractivity contribution in [2.45, 2.75) is 77.5 Å². The molecule has 4 N–H and O–H groups in total. The van der Waals surface area contributed by atoms with E-state index in [2.05, 4.69) is 62.6 Å². The number of benzene rings is 3. The van der Waals surface area contributed by atoms with E-state index in [0.29, 0.717) is 24.7 Å². The van der Waals surface area contributed by atoms with Crippen LogP contribution in [0.1, 0.15) is 77.1 Å². The molecular formula is C43H51N9O6. The molecule has 2 aromatic heterocycles. The van der Waals surface area contributed by atoms with Crippen molar-refractivity contribution in [2.24, 2.45) is 16.8 Å². The Hall–Kier alpha value is -6.25. The van der Waals surface area contributed by atoms with Crippen LogP contribution in [0.15, 0.2) is 59.9 Å². The first-order chi connectivity index (χ1) is 27.9. The van der Waals surface area contributed by atoms with Gasteiger partial charge in [0, 0.05) is 29.6 Å². The first-order valence-corrected chi connectivity index (χ1v) is 19.8. The van der Waals surface area contributed by atoms with Crippen molar-refractivity contribution in [1.29, 1.82) is 0 Å². The van der Waals surface area contributed by atoms with E-state index in [9.17, 15) is 19.2 Å². The molecule has 15 nitrogen and oxygen atoms in total. The summed E-state index contributed by atoms with van der Waals surface area (Å²) >= 11 is 0. The molecule has 58 heavy (non-hydrogen) atoms. The first kappa shape index (κ1) is 40.0. The summed E-state index contributed by atoms with van der Waals surface area (Å²) in [6, 6.07) is 12.6. The topological polar surface area (TPSA) is 187 Å². The van der Waals surface area contributed by atoms with Gasteiger partial charge in [0.05, 0.1) is 55.8 Å². The number of ether oxygens (including phenoxy) is 2. The number of carbonyl (C=O) groups is 4. The highest BCUT2D eigenvalue weighted by molar-refractivity contribution is 6.14. The van der Waals surface area contributed by atoms with Gasteiger partial charge in [-0.3, -0.25) is 14.6 Å². The van der Waals surface area contributed by atoms with E-state index in [1.54, 1.807) is 22.2 Å². The van der Waals surface area contributed by atoms with Gasteiger partial charge >= 0.3 is 12.2 Å². The van der Waals surface area contributed by atoms with Crippen molar-refractivity contribution in [1.82, 2.24) is 40.4 Å². The minimum absolute atomic E-state index is 0.122. The predicted molar refractivity (Wildman–Crippen MR) is 222 cm³/mol. The summed E-state index contributed by atoms with van der Waals surface area (Å²) in [5.41, 5.74) is 4.22. The van der Waals surface area contributed by atoms with Gasteiger partial charge in [-0.1, -0.05) is 52.0 Å². The predicted octanol–water partition coefficient (Wildman–Crippen LogP) is 7.19. The number of aliphatic imine (C=N–C) groups is 1. The number of imidazole rings is 2. The van der Waals surface area contributed by atoms with Crippen molar-refractivity contribution in [3.8, 4) is 22.5 Å². The molecule has 304 valence electrons. The lowest BCUT2D eigenvalue weighted by Crippen LogP contribution is -2.51. The molecule has 0 radical (unpaired) electrons. The van der Waals surface area contributed by atoms with Crippen molar-refractivity contribution in [3.05, 3.63) is 66.5 Å². The number of hydrogen-bond acceptors (Lipinski definition) is 9. The minimum Gasteiger partial charge on any atom is -0.453 e. The Bertz CT molecular complexity index is 2370. The van der Waals surface area contributed by atoms with Crippen molar-refractivity contribution in [3.63, 3.8) is 0 Å². The van der Waals surface area contributed by atoms with Crippen LogP contribution in [0.4, 0.5) is 15.3 Å². The fourth-order valence-electron chi connectivity index (χ4n) is 8.30. The minimum atomic E-state index is -0.711. The molecule has 4 amide bonds. The third-order valence-corrected chi connectivity index (χ3v) is 11.4. The molecule has 2 aliphatic rings. The zero-order valence-electron chi connectivity index (χ0n) is 33.8. The second-order valence-corrected chi connectivity index (χ2v) is 15.7. The third-order valence-electron chi connectivity index (χ3n) is 11.4. The number of nitrogens with one attached hydrogen (secondary N) is 4.